The number of aliphatic hydroxyl groups is 1. The zero-order valence-electron chi connectivity index (χ0n) is 14.1. The highest BCUT2D eigenvalue weighted by molar-refractivity contribution is 5.99. The molecule has 7 heteroatoms. The molecule has 0 aliphatic carbocycles. The lowest BCUT2D eigenvalue weighted by Crippen LogP contribution is -2.50. The second kappa shape index (κ2) is 7.11. The van der Waals surface area contributed by atoms with Crippen LogP contribution < -0.4 is 0 Å². The number of aliphatic hydroxyl groups excluding tert-OH is 1. The van der Waals surface area contributed by atoms with Crippen LogP contribution in [0.15, 0.2) is 30.7 Å². The molecule has 1 aliphatic heterocycles. The molecule has 1 unspecified atom stereocenters. The van der Waals surface area contributed by atoms with E-state index < -0.39 is 0 Å². The Labute approximate surface area is 141 Å². The Bertz CT molecular complexity index is 690. The summed E-state index contributed by atoms with van der Waals surface area (Å²) in [5.74, 6) is -0.00125. The van der Waals surface area contributed by atoms with Gasteiger partial charge in [-0.3, -0.25) is 19.4 Å². The van der Waals surface area contributed by atoms with E-state index in [0.29, 0.717) is 30.9 Å². The maximum atomic E-state index is 12.9. The molecule has 7 nitrogen and oxygen atoms in total. The first kappa shape index (κ1) is 16.6. The molecule has 1 atom stereocenters. The SMILES string of the molecule is CC(O)CN1CCN(C(=O)c2cn(C)nc2-c2cccnc2)CC1. The zero-order chi connectivity index (χ0) is 17.1. The molecule has 0 spiro atoms. The molecule has 1 saturated heterocycles. The van der Waals surface area contributed by atoms with E-state index in [0.717, 1.165) is 18.7 Å². The standard InChI is InChI=1S/C17H23N5O2/c1-13(23)11-21-6-8-22(9-7-21)17(24)15-12-20(2)19-16(15)14-4-3-5-18-10-14/h3-5,10,12-13,23H,6-9,11H2,1-2H3. The van der Waals surface area contributed by atoms with Crippen molar-refractivity contribution in [2.75, 3.05) is 32.7 Å². The Kier molecular flexibility index (Phi) is 4.92. The third-order valence-corrected chi connectivity index (χ3v) is 4.18. The van der Waals surface area contributed by atoms with Crippen LogP contribution in [0.2, 0.25) is 0 Å². The maximum absolute atomic E-state index is 12.9. The van der Waals surface area contributed by atoms with E-state index in [-0.39, 0.29) is 12.0 Å². The fourth-order valence-electron chi connectivity index (χ4n) is 3.04. The summed E-state index contributed by atoms with van der Waals surface area (Å²) in [4.78, 5) is 21.1. The van der Waals surface area contributed by atoms with Gasteiger partial charge < -0.3 is 10.0 Å². The minimum atomic E-state index is -0.345. The van der Waals surface area contributed by atoms with Crippen molar-refractivity contribution in [1.29, 1.82) is 0 Å². The van der Waals surface area contributed by atoms with Crippen LogP contribution in [0.4, 0.5) is 0 Å². The van der Waals surface area contributed by atoms with Gasteiger partial charge in [-0.2, -0.15) is 5.10 Å². The highest BCUT2D eigenvalue weighted by atomic mass is 16.3. The molecule has 128 valence electrons. The number of β-amino-alcohol motifs (C(OH)–C–C–N with tert-alkyl or cyclic N) is 1. The molecule has 24 heavy (non-hydrogen) atoms. The van der Waals surface area contributed by atoms with E-state index in [1.807, 2.05) is 24.1 Å². The normalized spacial score (nSPS) is 17.0. The van der Waals surface area contributed by atoms with Gasteiger partial charge in [-0.25, -0.2) is 0 Å². The summed E-state index contributed by atoms with van der Waals surface area (Å²) in [5.41, 5.74) is 2.12. The monoisotopic (exact) mass is 329 g/mol. The number of aromatic nitrogens is 3. The summed E-state index contributed by atoms with van der Waals surface area (Å²) in [6.07, 6.45) is 4.85. The Morgan fingerprint density at radius 3 is 2.71 bits per heavy atom. The van der Waals surface area contributed by atoms with E-state index in [4.69, 9.17) is 0 Å². The van der Waals surface area contributed by atoms with Crippen molar-refractivity contribution in [1.82, 2.24) is 24.6 Å². The van der Waals surface area contributed by atoms with Gasteiger partial charge in [0.25, 0.3) is 5.91 Å². The number of piperazine rings is 1. The Morgan fingerprint density at radius 1 is 1.33 bits per heavy atom. The van der Waals surface area contributed by atoms with Crippen molar-refractivity contribution in [3.8, 4) is 11.3 Å². The number of aryl methyl sites for hydroxylation is 1. The molecule has 1 N–H and O–H groups in total. The highest BCUT2D eigenvalue weighted by Crippen LogP contribution is 2.22. The minimum Gasteiger partial charge on any atom is -0.392 e. The number of rotatable bonds is 4. The number of hydrogen-bond acceptors (Lipinski definition) is 5. The van der Waals surface area contributed by atoms with Crippen LogP contribution in [0.1, 0.15) is 17.3 Å². The molecule has 2 aromatic heterocycles. The van der Waals surface area contributed by atoms with Crippen LogP contribution >= 0.6 is 0 Å². The molecule has 0 bridgehead atoms. The van der Waals surface area contributed by atoms with Crippen LogP contribution in [0.5, 0.6) is 0 Å². The van der Waals surface area contributed by atoms with Gasteiger partial charge in [-0.05, 0) is 19.1 Å². The third kappa shape index (κ3) is 3.63. The van der Waals surface area contributed by atoms with Crippen molar-refractivity contribution >= 4 is 5.91 Å². The summed E-state index contributed by atoms with van der Waals surface area (Å²) in [5, 5.41) is 13.9. The molecule has 1 amide bonds. The molecular weight excluding hydrogens is 306 g/mol. The molecule has 0 saturated carbocycles. The van der Waals surface area contributed by atoms with Crippen LogP contribution in [0.3, 0.4) is 0 Å². The third-order valence-electron chi connectivity index (χ3n) is 4.18. The quantitative estimate of drug-likeness (QED) is 0.890. The number of amides is 1. The first-order chi connectivity index (χ1) is 11.5. The van der Waals surface area contributed by atoms with Crippen LogP contribution in [0, 0.1) is 0 Å². The Hall–Kier alpha value is -2.25. The molecule has 2 aromatic rings. The zero-order valence-corrected chi connectivity index (χ0v) is 14.1. The fourth-order valence-corrected chi connectivity index (χ4v) is 3.04. The van der Waals surface area contributed by atoms with Crippen LogP contribution in [-0.4, -0.2) is 74.4 Å². The predicted octanol–water partition coefficient (Wildman–Crippen LogP) is 0.621. The molecular formula is C17H23N5O2. The van der Waals surface area contributed by atoms with Crippen molar-refractivity contribution in [3.63, 3.8) is 0 Å². The van der Waals surface area contributed by atoms with Gasteiger partial charge in [0.05, 0.1) is 11.7 Å². The summed E-state index contributed by atoms with van der Waals surface area (Å²) >= 11 is 0. The van der Waals surface area contributed by atoms with Crippen molar-refractivity contribution in [2.24, 2.45) is 7.05 Å². The second-order valence-corrected chi connectivity index (χ2v) is 6.25. The smallest absolute Gasteiger partial charge is 0.257 e. The maximum Gasteiger partial charge on any atom is 0.257 e. The molecule has 0 radical (unpaired) electrons. The van der Waals surface area contributed by atoms with E-state index in [2.05, 4.69) is 15.0 Å². The first-order valence-corrected chi connectivity index (χ1v) is 8.18. The van der Waals surface area contributed by atoms with Gasteiger partial charge in [0.2, 0.25) is 0 Å². The van der Waals surface area contributed by atoms with Gasteiger partial charge in [0.15, 0.2) is 0 Å². The summed E-state index contributed by atoms with van der Waals surface area (Å²) < 4.78 is 1.67. The molecule has 1 fully saturated rings. The fraction of sp³-hybridized carbons (Fsp3) is 0.471. The summed E-state index contributed by atoms with van der Waals surface area (Å²) in [6, 6.07) is 3.75. The van der Waals surface area contributed by atoms with E-state index in [9.17, 15) is 9.90 Å². The first-order valence-electron chi connectivity index (χ1n) is 8.18. The highest BCUT2D eigenvalue weighted by Gasteiger charge is 2.26. The molecule has 3 rings (SSSR count). The van der Waals surface area contributed by atoms with Crippen LogP contribution in [0.25, 0.3) is 11.3 Å². The van der Waals surface area contributed by atoms with Gasteiger partial charge in [0.1, 0.15) is 5.69 Å². The largest absolute Gasteiger partial charge is 0.392 e. The van der Waals surface area contributed by atoms with Gasteiger partial charge in [-0.15, -0.1) is 0 Å². The van der Waals surface area contributed by atoms with Gasteiger partial charge >= 0.3 is 0 Å². The molecule has 0 aromatic carbocycles. The Balaban J connectivity index is 1.75. The van der Waals surface area contributed by atoms with E-state index in [1.54, 1.807) is 30.2 Å². The lowest BCUT2D eigenvalue weighted by molar-refractivity contribution is 0.0554. The lowest BCUT2D eigenvalue weighted by Gasteiger charge is -2.35. The second-order valence-electron chi connectivity index (χ2n) is 6.25. The Morgan fingerprint density at radius 2 is 2.08 bits per heavy atom. The van der Waals surface area contributed by atoms with Crippen molar-refractivity contribution in [2.45, 2.75) is 13.0 Å². The number of carbonyl (C=O) groups excluding carboxylic acids is 1. The average Bonchev–Trinajstić information content (AvgIpc) is 2.97. The predicted molar refractivity (Wildman–Crippen MR) is 90.5 cm³/mol. The average molecular weight is 329 g/mol. The molecule has 3 heterocycles. The van der Waals surface area contributed by atoms with Crippen molar-refractivity contribution < 1.29 is 9.90 Å². The van der Waals surface area contributed by atoms with E-state index >= 15 is 0 Å². The van der Waals surface area contributed by atoms with Crippen molar-refractivity contribution in [3.05, 3.63) is 36.3 Å². The number of pyridine rings is 1. The molecule has 1 aliphatic rings. The number of hydrogen-bond donors (Lipinski definition) is 1. The number of nitrogens with zero attached hydrogens (tertiary/aromatic N) is 5. The topological polar surface area (TPSA) is 74.5 Å². The summed E-state index contributed by atoms with van der Waals surface area (Å²) in [6.45, 7) is 5.31. The summed E-state index contributed by atoms with van der Waals surface area (Å²) in [7, 11) is 1.82. The van der Waals surface area contributed by atoms with E-state index in [1.165, 1.54) is 0 Å². The van der Waals surface area contributed by atoms with Crippen LogP contribution in [-0.2, 0) is 7.05 Å². The van der Waals surface area contributed by atoms with Gasteiger partial charge in [-0.1, -0.05) is 0 Å². The lowest BCUT2D eigenvalue weighted by atomic mass is 10.1. The number of carbonyl (C=O) groups is 1. The van der Waals surface area contributed by atoms with Gasteiger partial charge in [0, 0.05) is 63.9 Å². The minimum absolute atomic E-state index is 0.00125.